The van der Waals surface area contributed by atoms with Crippen molar-refractivity contribution in [2.45, 2.75) is 57.5 Å². The number of ketones is 1. The Morgan fingerprint density at radius 3 is 2.42 bits per heavy atom. The molecule has 164 valence electrons. The van der Waals surface area contributed by atoms with Gasteiger partial charge in [0.05, 0.1) is 17.2 Å². The fourth-order valence-corrected chi connectivity index (χ4v) is 3.58. The van der Waals surface area contributed by atoms with E-state index in [9.17, 15) is 18.0 Å². The largest absolute Gasteiger partial charge is 0.490 e. The molecule has 1 unspecified atom stereocenters. The molecule has 1 fully saturated rings. The Labute approximate surface area is 179 Å². The van der Waals surface area contributed by atoms with E-state index in [1.165, 1.54) is 12.1 Å². The number of ether oxygens (including phenoxy) is 2. The Morgan fingerprint density at radius 2 is 1.81 bits per heavy atom. The lowest BCUT2D eigenvalue weighted by molar-refractivity contribution is -0.139. The summed E-state index contributed by atoms with van der Waals surface area (Å²) in [7, 11) is 0. The van der Waals surface area contributed by atoms with Crippen LogP contribution in [0.1, 0.15) is 43.4 Å². The molecule has 0 bridgehead atoms. The van der Waals surface area contributed by atoms with Gasteiger partial charge in [0.15, 0.2) is 12.0 Å². The number of carbonyl (C=O) groups is 1. The lowest BCUT2D eigenvalue weighted by Crippen LogP contribution is -2.22. The molecule has 1 saturated carbocycles. The van der Waals surface area contributed by atoms with Gasteiger partial charge in [0.25, 0.3) is 0 Å². The van der Waals surface area contributed by atoms with E-state index in [0.29, 0.717) is 6.42 Å². The minimum absolute atomic E-state index is 0.104. The maximum Gasteiger partial charge on any atom is 0.419 e. The summed E-state index contributed by atoms with van der Waals surface area (Å²) < 4.78 is 52.7. The van der Waals surface area contributed by atoms with E-state index in [-0.39, 0.29) is 34.6 Å². The van der Waals surface area contributed by atoms with Crippen molar-refractivity contribution in [1.29, 1.82) is 0 Å². The minimum atomic E-state index is -4.61. The third kappa shape index (κ3) is 4.70. The van der Waals surface area contributed by atoms with Gasteiger partial charge in [-0.3, -0.25) is 4.79 Å². The Hall–Kier alpha value is -2.96. The molecule has 0 spiro atoms. The van der Waals surface area contributed by atoms with Crippen molar-refractivity contribution >= 4 is 11.4 Å². The smallest absolute Gasteiger partial charge is 0.419 e. The quantitative estimate of drug-likeness (QED) is 0.661. The highest BCUT2D eigenvalue weighted by molar-refractivity contribution is 6.25. The maximum atomic E-state index is 13.7. The first kappa shape index (κ1) is 21.3. The Bertz CT molecular complexity index is 995. The highest BCUT2D eigenvalue weighted by Gasteiger charge is 2.42. The topological polar surface area (TPSA) is 47.6 Å². The molecule has 31 heavy (non-hydrogen) atoms. The van der Waals surface area contributed by atoms with Crippen LogP contribution < -0.4 is 10.1 Å². The number of Topliss-reactive ketones (excluding diaryl/α,β-unsaturated/α-hetero) is 1. The zero-order valence-electron chi connectivity index (χ0n) is 17.3. The molecule has 1 atom stereocenters. The predicted octanol–water partition coefficient (Wildman–Crippen LogP) is 5.12. The monoisotopic (exact) mass is 431 g/mol. The Balaban J connectivity index is 1.76. The van der Waals surface area contributed by atoms with Gasteiger partial charge in [-0.05, 0) is 38.3 Å². The third-order valence-electron chi connectivity index (χ3n) is 5.15. The molecule has 1 aliphatic carbocycles. The van der Waals surface area contributed by atoms with Gasteiger partial charge in [-0.15, -0.1) is 0 Å². The molecule has 2 aromatic carbocycles. The summed E-state index contributed by atoms with van der Waals surface area (Å²) in [6.45, 7) is 3.31. The first-order chi connectivity index (χ1) is 14.7. The molecule has 0 radical (unpaired) electrons. The van der Waals surface area contributed by atoms with E-state index in [4.69, 9.17) is 9.47 Å². The van der Waals surface area contributed by atoms with Crippen molar-refractivity contribution in [3.8, 4) is 5.75 Å². The number of hydrogen-bond donors (Lipinski definition) is 1. The molecule has 1 N–H and O–H groups in total. The van der Waals surface area contributed by atoms with Crippen LogP contribution in [-0.2, 0) is 22.1 Å². The van der Waals surface area contributed by atoms with E-state index < -0.39 is 23.9 Å². The molecule has 1 aliphatic heterocycles. The van der Waals surface area contributed by atoms with E-state index in [1.54, 1.807) is 13.8 Å². The summed E-state index contributed by atoms with van der Waals surface area (Å²) in [6.07, 6.45) is -3.74. The summed E-state index contributed by atoms with van der Waals surface area (Å²) in [5, 5.41) is 3.19. The second kappa shape index (κ2) is 8.29. The van der Waals surface area contributed by atoms with Crippen LogP contribution in [-0.4, -0.2) is 24.0 Å². The first-order valence-corrected chi connectivity index (χ1v) is 10.4. The fourth-order valence-electron chi connectivity index (χ4n) is 3.58. The van der Waals surface area contributed by atoms with Crippen LogP contribution in [0.2, 0.25) is 0 Å². The molecule has 7 heteroatoms. The molecular weight excluding hydrogens is 407 g/mol. The Kier molecular flexibility index (Phi) is 5.69. The zero-order valence-corrected chi connectivity index (χ0v) is 17.3. The first-order valence-electron chi connectivity index (χ1n) is 10.4. The number of carbonyl (C=O) groups excluding carboxylic acids is 1. The van der Waals surface area contributed by atoms with E-state index in [0.717, 1.165) is 24.5 Å². The highest BCUT2D eigenvalue weighted by atomic mass is 19.4. The standard InChI is InChI=1S/C24H24F3NO3/c1-14(2)30-22-17(9-6-10-18(22)24(25,26)27)20-21(29)19(13-15-7-4-3-5-8-15)31-23(20)28-16-11-12-16/h3-10,14,16,19,28H,11-13H2,1-2H3. The molecule has 1 heterocycles. The lowest BCUT2D eigenvalue weighted by atomic mass is 9.94. The molecule has 0 saturated heterocycles. The van der Waals surface area contributed by atoms with Crippen LogP contribution in [0, 0.1) is 0 Å². The number of halogens is 3. The van der Waals surface area contributed by atoms with E-state index in [1.807, 2.05) is 30.3 Å². The summed E-state index contributed by atoms with van der Waals surface area (Å²) in [5.74, 6) is -0.450. The van der Waals surface area contributed by atoms with Crippen molar-refractivity contribution in [3.05, 3.63) is 71.1 Å². The third-order valence-corrected chi connectivity index (χ3v) is 5.15. The highest BCUT2D eigenvalue weighted by Crippen LogP contribution is 2.44. The number of para-hydroxylation sites is 1. The molecule has 2 aromatic rings. The van der Waals surface area contributed by atoms with Crippen LogP contribution in [0.4, 0.5) is 13.2 Å². The van der Waals surface area contributed by atoms with Gasteiger partial charge in [0.2, 0.25) is 5.78 Å². The van der Waals surface area contributed by atoms with Crippen molar-refractivity contribution in [3.63, 3.8) is 0 Å². The average Bonchev–Trinajstić information content (AvgIpc) is 3.46. The maximum absolute atomic E-state index is 13.7. The molecule has 0 aromatic heterocycles. The van der Waals surface area contributed by atoms with Crippen LogP contribution in [0.15, 0.2) is 54.4 Å². The number of nitrogens with one attached hydrogen (secondary N) is 1. The molecule has 4 nitrogen and oxygen atoms in total. The number of alkyl halides is 3. The zero-order chi connectivity index (χ0) is 22.2. The van der Waals surface area contributed by atoms with Gasteiger partial charge in [0, 0.05) is 18.0 Å². The van der Waals surface area contributed by atoms with Crippen LogP contribution in [0.5, 0.6) is 5.75 Å². The summed E-state index contributed by atoms with van der Waals surface area (Å²) >= 11 is 0. The van der Waals surface area contributed by atoms with E-state index in [2.05, 4.69) is 5.32 Å². The van der Waals surface area contributed by atoms with Gasteiger partial charge in [-0.1, -0.05) is 42.5 Å². The summed E-state index contributed by atoms with van der Waals surface area (Å²) in [6, 6.07) is 13.3. The van der Waals surface area contributed by atoms with Crippen LogP contribution in [0.3, 0.4) is 0 Å². The SMILES string of the molecule is CC(C)Oc1c(C2=C(NC3CC3)OC(Cc3ccccc3)C2=O)cccc1C(F)(F)F. The summed E-state index contributed by atoms with van der Waals surface area (Å²) in [5.41, 5.74) is 0.230. The normalized spacial score (nSPS) is 19.0. The minimum Gasteiger partial charge on any atom is -0.490 e. The van der Waals surface area contributed by atoms with Gasteiger partial charge >= 0.3 is 6.18 Å². The number of hydrogen-bond acceptors (Lipinski definition) is 4. The van der Waals surface area contributed by atoms with Gasteiger partial charge in [-0.25, -0.2) is 0 Å². The molecule has 4 rings (SSSR count). The van der Waals surface area contributed by atoms with Crippen molar-refractivity contribution in [2.24, 2.45) is 0 Å². The average molecular weight is 431 g/mol. The van der Waals surface area contributed by atoms with Gasteiger partial charge in [0.1, 0.15) is 5.75 Å². The van der Waals surface area contributed by atoms with Crippen molar-refractivity contribution in [2.75, 3.05) is 0 Å². The molecule has 0 amide bonds. The van der Waals surface area contributed by atoms with Gasteiger partial charge in [-0.2, -0.15) is 13.2 Å². The predicted molar refractivity (Wildman–Crippen MR) is 110 cm³/mol. The van der Waals surface area contributed by atoms with Crippen LogP contribution >= 0.6 is 0 Å². The van der Waals surface area contributed by atoms with E-state index >= 15 is 0 Å². The van der Waals surface area contributed by atoms with Crippen molar-refractivity contribution < 1.29 is 27.4 Å². The molecule has 2 aliphatic rings. The molecular formula is C24H24F3NO3. The number of benzene rings is 2. The second-order valence-corrected chi connectivity index (χ2v) is 8.13. The fraction of sp³-hybridized carbons (Fsp3) is 0.375. The van der Waals surface area contributed by atoms with Crippen molar-refractivity contribution in [1.82, 2.24) is 5.32 Å². The Morgan fingerprint density at radius 1 is 1.10 bits per heavy atom. The van der Waals surface area contributed by atoms with Gasteiger partial charge < -0.3 is 14.8 Å². The lowest BCUT2D eigenvalue weighted by Gasteiger charge is -2.20. The second-order valence-electron chi connectivity index (χ2n) is 8.13. The number of rotatable bonds is 7. The summed E-state index contributed by atoms with van der Waals surface area (Å²) in [4.78, 5) is 13.4. The van der Waals surface area contributed by atoms with Crippen LogP contribution in [0.25, 0.3) is 5.57 Å².